The normalized spacial score (nSPS) is 34.2. The van der Waals surface area contributed by atoms with Gasteiger partial charge in [0.1, 0.15) is 5.75 Å². The van der Waals surface area contributed by atoms with E-state index in [1.807, 2.05) is 12.1 Å². The molecule has 0 unspecified atom stereocenters. The van der Waals surface area contributed by atoms with Gasteiger partial charge < -0.3 is 5.11 Å². The van der Waals surface area contributed by atoms with Gasteiger partial charge in [0.05, 0.1) is 0 Å². The molecule has 3 rings (SSSR count). The van der Waals surface area contributed by atoms with Gasteiger partial charge >= 0.3 is 0 Å². The minimum absolute atomic E-state index is 0.227. The Morgan fingerprint density at radius 1 is 1.24 bits per heavy atom. The Hall–Kier alpha value is -0.980. The summed E-state index contributed by atoms with van der Waals surface area (Å²) >= 11 is 0. The molecule has 1 fully saturated rings. The van der Waals surface area contributed by atoms with Crippen LogP contribution in [0.25, 0.3) is 0 Å². The van der Waals surface area contributed by atoms with Crippen molar-refractivity contribution in [2.45, 2.75) is 51.4 Å². The molecule has 17 heavy (non-hydrogen) atoms. The quantitative estimate of drug-likeness (QED) is 0.708. The van der Waals surface area contributed by atoms with E-state index >= 15 is 0 Å². The van der Waals surface area contributed by atoms with Crippen molar-refractivity contribution in [3.63, 3.8) is 0 Å². The van der Waals surface area contributed by atoms with E-state index in [-0.39, 0.29) is 5.41 Å². The van der Waals surface area contributed by atoms with Crippen LogP contribution in [0.4, 0.5) is 0 Å². The van der Waals surface area contributed by atoms with Gasteiger partial charge in [-0.3, -0.25) is 0 Å². The average molecular weight is 230 g/mol. The second-order valence-corrected chi connectivity index (χ2v) is 6.59. The monoisotopic (exact) mass is 230 g/mol. The predicted molar refractivity (Wildman–Crippen MR) is 70.4 cm³/mol. The molecule has 0 spiro atoms. The lowest BCUT2D eigenvalue weighted by atomic mass is 9.55. The van der Waals surface area contributed by atoms with Crippen LogP contribution in [0.3, 0.4) is 0 Å². The number of hydrogen-bond donors (Lipinski definition) is 1. The van der Waals surface area contributed by atoms with E-state index in [4.69, 9.17) is 0 Å². The molecule has 1 nitrogen and oxygen atoms in total. The molecule has 0 aromatic heterocycles. The molecule has 92 valence electrons. The average Bonchev–Trinajstić information content (AvgIpc) is 2.29. The Kier molecular flexibility index (Phi) is 2.30. The number of phenolic OH excluding ortho intramolecular Hbond substituents is 1. The maximum absolute atomic E-state index is 9.75. The molecular weight excluding hydrogens is 208 g/mol. The summed E-state index contributed by atoms with van der Waals surface area (Å²) in [6.07, 6.45) is 4.05. The minimum atomic E-state index is 0.227. The van der Waals surface area contributed by atoms with Gasteiger partial charge in [0.2, 0.25) is 0 Å². The largest absolute Gasteiger partial charge is 0.508 e. The molecule has 0 amide bonds. The van der Waals surface area contributed by atoms with Crippen LogP contribution in [0.2, 0.25) is 0 Å². The smallest absolute Gasteiger partial charge is 0.115 e. The standard InChI is InChI=1S/C16H22O/c1-10-4-5-11-8-14(10)13-7-6-12(17)9-15(13)16(11,2)3/h6-7,9-11,14,17H,4-5,8H2,1-3H3/t10-,11-,14-/m1/s1. The zero-order valence-corrected chi connectivity index (χ0v) is 11.0. The molecule has 0 aliphatic heterocycles. The van der Waals surface area contributed by atoms with Crippen LogP contribution < -0.4 is 0 Å². The molecular formula is C16H22O. The number of fused-ring (bicyclic) bond motifs is 4. The van der Waals surface area contributed by atoms with Gasteiger partial charge in [-0.15, -0.1) is 0 Å². The topological polar surface area (TPSA) is 20.2 Å². The summed E-state index contributed by atoms with van der Waals surface area (Å²) in [6, 6.07) is 6.03. The first-order chi connectivity index (χ1) is 8.00. The van der Waals surface area contributed by atoms with E-state index in [0.717, 1.165) is 17.8 Å². The lowest BCUT2D eigenvalue weighted by Gasteiger charge is -2.49. The summed E-state index contributed by atoms with van der Waals surface area (Å²) in [5.74, 6) is 2.73. The van der Waals surface area contributed by atoms with Crippen LogP contribution in [-0.4, -0.2) is 5.11 Å². The van der Waals surface area contributed by atoms with Gasteiger partial charge in [0, 0.05) is 0 Å². The van der Waals surface area contributed by atoms with Gasteiger partial charge in [-0.1, -0.05) is 26.8 Å². The third-order valence-electron chi connectivity index (χ3n) is 5.35. The van der Waals surface area contributed by atoms with E-state index in [0.29, 0.717) is 5.75 Å². The van der Waals surface area contributed by atoms with E-state index in [9.17, 15) is 5.11 Å². The highest BCUT2D eigenvalue weighted by Gasteiger charge is 2.44. The van der Waals surface area contributed by atoms with Crippen LogP contribution in [0.5, 0.6) is 5.75 Å². The summed E-state index contributed by atoms with van der Waals surface area (Å²) in [5, 5.41) is 9.75. The number of rotatable bonds is 0. The molecule has 1 heteroatoms. The fourth-order valence-corrected chi connectivity index (χ4v) is 4.06. The summed E-state index contributed by atoms with van der Waals surface area (Å²) < 4.78 is 0. The van der Waals surface area contributed by atoms with Crippen LogP contribution >= 0.6 is 0 Å². The lowest BCUT2D eigenvalue weighted by molar-refractivity contribution is 0.153. The summed E-state index contributed by atoms with van der Waals surface area (Å²) in [7, 11) is 0. The summed E-state index contributed by atoms with van der Waals surface area (Å²) in [5.41, 5.74) is 3.12. The third-order valence-corrected chi connectivity index (χ3v) is 5.35. The maximum atomic E-state index is 9.75. The van der Waals surface area contributed by atoms with Crippen molar-refractivity contribution in [3.05, 3.63) is 29.3 Å². The molecule has 0 heterocycles. The second-order valence-electron chi connectivity index (χ2n) is 6.59. The predicted octanol–water partition coefficient (Wildman–Crippen LogP) is 4.20. The van der Waals surface area contributed by atoms with Crippen molar-refractivity contribution in [3.8, 4) is 5.75 Å². The molecule has 1 N–H and O–H groups in total. The Balaban J connectivity index is 2.19. The van der Waals surface area contributed by atoms with Gasteiger partial charge in [-0.25, -0.2) is 0 Å². The lowest BCUT2D eigenvalue weighted by Crippen LogP contribution is -2.40. The fourth-order valence-electron chi connectivity index (χ4n) is 4.06. The van der Waals surface area contributed by atoms with E-state index in [1.165, 1.54) is 30.4 Å². The van der Waals surface area contributed by atoms with Gasteiger partial charge in [-0.05, 0) is 65.7 Å². The molecule has 0 saturated heterocycles. The highest BCUT2D eigenvalue weighted by atomic mass is 16.3. The second kappa shape index (κ2) is 3.51. The molecule has 2 aliphatic carbocycles. The highest BCUT2D eigenvalue weighted by Crippen LogP contribution is 2.55. The first-order valence-electron chi connectivity index (χ1n) is 6.83. The number of aromatic hydroxyl groups is 1. The van der Waals surface area contributed by atoms with Gasteiger partial charge in [-0.2, -0.15) is 0 Å². The number of benzene rings is 1. The highest BCUT2D eigenvalue weighted by molar-refractivity contribution is 5.44. The number of hydrogen-bond acceptors (Lipinski definition) is 1. The van der Waals surface area contributed by atoms with Gasteiger partial charge in [0.15, 0.2) is 0 Å². The summed E-state index contributed by atoms with van der Waals surface area (Å²) in [4.78, 5) is 0. The first kappa shape index (κ1) is 11.1. The Morgan fingerprint density at radius 2 is 2.00 bits per heavy atom. The zero-order valence-electron chi connectivity index (χ0n) is 11.0. The van der Waals surface area contributed by atoms with Crippen LogP contribution in [-0.2, 0) is 5.41 Å². The summed E-state index contributed by atoms with van der Waals surface area (Å²) in [6.45, 7) is 7.08. The maximum Gasteiger partial charge on any atom is 0.115 e. The SMILES string of the molecule is C[C@@H]1CC[C@@H]2C[C@H]1c1ccc(O)cc1C2(C)C. The Labute approximate surface area is 104 Å². The van der Waals surface area contributed by atoms with Crippen molar-refractivity contribution in [2.24, 2.45) is 11.8 Å². The fraction of sp³-hybridized carbons (Fsp3) is 0.625. The van der Waals surface area contributed by atoms with Crippen LogP contribution in [0.1, 0.15) is 57.1 Å². The molecule has 1 aromatic carbocycles. The Bertz CT molecular complexity index is 447. The van der Waals surface area contributed by atoms with Crippen LogP contribution in [0, 0.1) is 11.8 Å². The zero-order chi connectivity index (χ0) is 12.2. The van der Waals surface area contributed by atoms with Gasteiger partial charge in [0.25, 0.3) is 0 Å². The van der Waals surface area contributed by atoms with Crippen LogP contribution in [0.15, 0.2) is 18.2 Å². The van der Waals surface area contributed by atoms with Crippen molar-refractivity contribution in [1.29, 1.82) is 0 Å². The Morgan fingerprint density at radius 3 is 2.76 bits per heavy atom. The molecule has 0 radical (unpaired) electrons. The minimum Gasteiger partial charge on any atom is -0.508 e. The molecule has 1 aromatic rings. The number of phenols is 1. The first-order valence-corrected chi connectivity index (χ1v) is 6.83. The molecule has 1 saturated carbocycles. The van der Waals surface area contributed by atoms with Crippen molar-refractivity contribution in [1.82, 2.24) is 0 Å². The van der Waals surface area contributed by atoms with E-state index in [1.54, 1.807) is 0 Å². The van der Waals surface area contributed by atoms with Crippen molar-refractivity contribution < 1.29 is 5.11 Å². The van der Waals surface area contributed by atoms with E-state index < -0.39 is 0 Å². The van der Waals surface area contributed by atoms with E-state index in [2.05, 4.69) is 26.8 Å². The van der Waals surface area contributed by atoms with Crippen molar-refractivity contribution in [2.75, 3.05) is 0 Å². The third kappa shape index (κ3) is 1.51. The molecule has 3 atom stereocenters. The van der Waals surface area contributed by atoms with Crippen molar-refractivity contribution >= 4 is 0 Å². The molecule has 2 bridgehead atoms. The molecule has 2 aliphatic rings.